The van der Waals surface area contributed by atoms with Crippen molar-refractivity contribution >= 4 is 23.3 Å². The lowest BCUT2D eigenvalue weighted by Gasteiger charge is -2.26. The van der Waals surface area contributed by atoms with Crippen molar-refractivity contribution in [3.63, 3.8) is 0 Å². The third kappa shape index (κ3) is 3.83. The Morgan fingerprint density at radius 3 is 2.84 bits per heavy atom. The van der Waals surface area contributed by atoms with Crippen LogP contribution in [0, 0.1) is 0 Å². The molecule has 104 valence electrons. The predicted molar refractivity (Wildman–Crippen MR) is 73.4 cm³/mol. The highest BCUT2D eigenvalue weighted by Gasteiger charge is 2.16. The van der Waals surface area contributed by atoms with Crippen LogP contribution in [0.5, 0.6) is 0 Å². The molecule has 6 heteroatoms. The molecule has 0 bridgehead atoms. The highest BCUT2D eigenvalue weighted by molar-refractivity contribution is 6.34. The Hall–Kier alpha value is -1.30. The minimum absolute atomic E-state index is 0.242. The van der Waals surface area contributed by atoms with E-state index in [4.69, 9.17) is 26.8 Å². The molecule has 1 aliphatic rings. The molecule has 1 saturated heterocycles. The molecular weight excluding hydrogens is 268 g/mol. The van der Waals surface area contributed by atoms with Crippen molar-refractivity contribution in [3.05, 3.63) is 28.8 Å². The Morgan fingerprint density at radius 1 is 1.42 bits per heavy atom. The van der Waals surface area contributed by atoms with Crippen molar-refractivity contribution in [3.8, 4) is 0 Å². The molecule has 1 heterocycles. The largest absolute Gasteiger partial charge is 0.461 e. The average molecular weight is 285 g/mol. The third-order valence-corrected chi connectivity index (χ3v) is 3.31. The Bertz CT molecular complexity index is 427. The lowest BCUT2D eigenvalue weighted by Crippen LogP contribution is -2.38. The second-order valence-corrected chi connectivity index (χ2v) is 4.70. The highest BCUT2D eigenvalue weighted by Crippen LogP contribution is 2.22. The number of benzene rings is 1. The molecule has 1 fully saturated rings. The Kier molecular flexibility index (Phi) is 5.01. The van der Waals surface area contributed by atoms with Gasteiger partial charge in [-0.15, -0.1) is 0 Å². The van der Waals surface area contributed by atoms with Gasteiger partial charge in [0.2, 0.25) is 0 Å². The van der Waals surface area contributed by atoms with E-state index in [2.05, 4.69) is 4.90 Å². The van der Waals surface area contributed by atoms with Gasteiger partial charge in [0, 0.05) is 25.3 Å². The van der Waals surface area contributed by atoms with Crippen molar-refractivity contribution in [2.45, 2.75) is 0 Å². The van der Waals surface area contributed by atoms with Gasteiger partial charge in [0.25, 0.3) is 0 Å². The van der Waals surface area contributed by atoms with Crippen LogP contribution in [0.4, 0.5) is 5.69 Å². The number of halogens is 1. The molecule has 0 radical (unpaired) electrons. The second-order valence-electron chi connectivity index (χ2n) is 4.29. The monoisotopic (exact) mass is 284 g/mol. The van der Waals surface area contributed by atoms with Crippen LogP contribution in [0.15, 0.2) is 18.2 Å². The topological polar surface area (TPSA) is 64.8 Å². The number of hydrogen-bond donors (Lipinski definition) is 1. The first-order valence-corrected chi connectivity index (χ1v) is 6.57. The highest BCUT2D eigenvalue weighted by atomic mass is 35.5. The van der Waals surface area contributed by atoms with Crippen molar-refractivity contribution in [1.29, 1.82) is 0 Å². The van der Waals surface area contributed by atoms with Crippen molar-refractivity contribution in [2.75, 3.05) is 45.2 Å². The SMILES string of the molecule is Nc1cccc(Cl)c1C(=O)OCCN1CCOCC1. The van der Waals surface area contributed by atoms with E-state index in [1.165, 1.54) is 0 Å². The van der Waals surface area contributed by atoms with Crippen molar-refractivity contribution < 1.29 is 14.3 Å². The summed E-state index contributed by atoms with van der Waals surface area (Å²) in [5.74, 6) is -0.476. The molecule has 19 heavy (non-hydrogen) atoms. The van der Waals surface area contributed by atoms with Gasteiger partial charge in [0.15, 0.2) is 0 Å². The predicted octanol–water partition coefficient (Wildman–Crippen LogP) is 1.41. The Balaban J connectivity index is 1.84. The summed E-state index contributed by atoms with van der Waals surface area (Å²) in [4.78, 5) is 14.1. The zero-order valence-corrected chi connectivity index (χ0v) is 11.4. The van der Waals surface area contributed by atoms with Crippen LogP contribution in [-0.4, -0.2) is 50.3 Å². The van der Waals surface area contributed by atoms with Gasteiger partial charge in [-0.05, 0) is 12.1 Å². The number of carbonyl (C=O) groups is 1. The van der Waals surface area contributed by atoms with E-state index in [-0.39, 0.29) is 5.56 Å². The number of rotatable bonds is 4. The standard InChI is InChI=1S/C13H17ClN2O3/c14-10-2-1-3-11(15)12(10)13(17)19-9-6-16-4-7-18-8-5-16/h1-3H,4-9,15H2. The molecule has 1 aromatic rings. The lowest BCUT2D eigenvalue weighted by molar-refractivity contribution is 0.0196. The average Bonchev–Trinajstić information content (AvgIpc) is 2.40. The normalized spacial score (nSPS) is 16.3. The van der Waals surface area contributed by atoms with Gasteiger partial charge >= 0.3 is 5.97 Å². The summed E-state index contributed by atoms with van der Waals surface area (Å²) in [6, 6.07) is 4.95. The van der Waals surface area contributed by atoms with Crippen LogP contribution >= 0.6 is 11.6 Å². The maximum absolute atomic E-state index is 11.9. The fourth-order valence-corrected chi connectivity index (χ4v) is 2.18. The molecule has 0 atom stereocenters. The van der Waals surface area contributed by atoms with E-state index >= 15 is 0 Å². The van der Waals surface area contributed by atoms with E-state index in [1.54, 1.807) is 18.2 Å². The van der Waals surface area contributed by atoms with E-state index < -0.39 is 5.97 Å². The molecule has 5 nitrogen and oxygen atoms in total. The van der Waals surface area contributed by atoms with Crippen LogP contribution < -0.4 is 5.73 Å². The van der Waals surface area contributed by atoms with Gasteiger partial charge < -0.3 is 15.2 Å². The van der Waals surface area contributed by atoms with Crippen LogP contribution in [0.2, 0.25) is 5.02 Å². The molecule has 0 unspecified atom stereocenters. The van der Waals surface area contributed by atoms with Gasteiger partial charge in [0.05, 0.1) is 18.2 Å². The quantitative estimate of drug-likeness (QED) is 0.669. The minimum Gasteiger partial charge on any atom is -0.461 e. The number of morpholine rings is 1. The van der Waals surface area contributed by atoms with Gasteiger partial charge in [-0.3, -0.25) is 4.90 Å². The number of nitrogen functional groups attached to an aromatic ring is 1. The third-order valence-electron chi connectivity index (χ3n) is 2.99. The van der Waals surface area contributed by atoms with Crippen molar-refractivity contribution in [2.24, 2.45) is 0 Å². The summed E-state index contributed by atoms with van der Waals surface area (Å²) in [6.07, 6.45) is 0. The first-order valence-electron chi connectivity index (χ1n) is 6.19. The fourth-order valence-electron chi connectivity index (χ4n) is 1.92. The first-order chi connectivity index (χ1) is 9.18. The number of hydrogen-bond acceptors (Lipinski definition) is 5. The summed E-state index contributed by atoms with van der Waals surface area (Å²) in [7, 11) is 0. The number of nitrogens with two attached hydrogens (primary N) is 1. The molecule has 0 amide bonds. The molecule has 2 N–H and O–H groups in total. The van der Waals surface area contributed by atoms with E-state index in [1.807, 2.05) is 0 Å². The number of esters is 1. The van der Waals surface area contributed by atoms with Gasteiger partial charge in [-0.2, -0.15) is 0 Å². The van der Waals surface area contributed by atoms with E-state index in [9.17, 15) is 4.79 Å². The summed E-state index contributed by atoms with van der Waals surface area (Å²) in [6.45, 7) is 4.21. The fraction of sp³-hybridized carbons (Fsp3) is 0.462. The van der Waals surface area contributed by atoms with Crippen LogP contribution in [0.3, 0.4) is 0 Å². The Labute approximate surface area is 117 Å². The summed E-state index contributed by atoms with van der Waals surface area (Å²) < 4.78 is 10.5. The minimum atomic E-state index is -0.476. The number of carbonyl (C=O) groups excluding carboxylic acids is 1. The maximum Gasteiger partial charge on any atom is 0.341 e. The molecule has 0 spiro atoms. The van der Waals surface area contributed by atoms with E-state index in [0.29, 0.717) is 23.9 Å². The van der Waals surface area contributed by atoms with E-state index in [0.717, 1.165) is 26.3 Å². The number of nitrogens with zero attached hydrogens (tertiary/aromatic N) is 1. The molecule has 0 saturated carbocycles. The second kappa shape index (κ2) is 6.75. The maximum atomic E-state index is 11.9. The summed E-state index contributed by atoms with van der Waals surface area (Å²) in [5, 5.41) is 0.316. The zero-order chi connectivity index (χ0) is 13.7. The first kappa shape index (κ1) is 14.1. The molecular formula is C13H17ClN2O3. The van der Waals surface area contributed by atoms with Gasteiger partial charge in [-0.1, -0.05) is 17.7 Å². The van der Waals surface area contributed by atoms with Crippen LogP contribution in [0.25, 0.3) is 0 Å². The summed E-state index contributed by atoms with van der Waals surface area (Å²) in [5.41, 5.74) is 6.30. The molecule has 1 aromatic carbocycles. The van der Waals surface area contributed by atoms with Crippen LogP contribution in [-0.2, 0) is 9.47 Å². The summed E-state index contributed by atoms with van der Waals surface area (Å²) >= 11 is 5.94. The van der Waals surface area contributed by atoms with Crippen molar-refractivity contribution in [1.82, 2.24) is 4.90 Å². The molecule has 1 aliphatic heterocycles. The molecule has 2 rings (SSSR count). The molecule has 0 aromatic heterocycles. The zero-order valence-electron chi connectivity index (χ0n) is 10.6. The number of ether oxygens (including phenoxy) is 2. The molecule has 0 aliphatic carbocycles. The lowest BCUT2D eigenvalue weighted by atomic mass is 10.2. The smallest absolute Gasteiger partial charge is 0.341 e. The number of anilines is 1. The Morgan fingerprint density at radius 2 is 2.16 bits per heavy atom. The van der Waals surface area contributed by atoms with Gasteiger partial charge in [0.1, 0.15) is 12.2 Å². The van der Waals surface area contributed by atoms with Crippen LogP contribution in [0.1, 0.15) is 10.4 Å². The van der Waals surface area contributed by atoms with Gasteiger partial charge in [-0.25, -0.2) is 4.79 Å².